The van der Waals surface area contributed by atoms with Gasteiger partial charge in [-0.3, -0.25) is 29.0 Å². The number of unbranched alkanes of at least 4 members (excludes halogenated alkanes) is 3. The summed E-state index contributed by atoms with van der Waals surface area (Å²) in [4.78, 5) is 62.4. The van der Waals surface area contributed by atoms with Crippen LogP contribution in [0.4, 0.5) is 4.79 Å². The van der Waals surface area contributed by atoms with Crippen LogP contribution >= 0.6 is 0 Å². The quantitative estimate of drug-likeness (QED) is 0.429. The van der Waals surface area contributed by atoms with Crippen LogP contribution in [0.15, 0.2) is 36.4 Å². The van der Waals surface area contributed by atoms with Crippen molar-refractivity contribution in [3.63, 3.8) is 0 Å². The summed E-state index contributed by atoms with van der Waals surface area (Å²) in [6.45, 7) is 0.653. The van der Waals surface area contributed by atoms with Crippen molar-refractivity contribution in [1.82, 2.24) is 15.1 Å². The number of hydrogen-bond acceptors (Lipinski definition) is 6. The molecule has 0 aliphatic carbocycles. The minimum Gasteiger partial charge on any atom is -0.465 e. The van der Waals surface area contributed by atoms with Crippen molar-refractivity contribution in [2.24, 2.45) is 0 Å². The average Bonchev–Trinajstić information content (AvgIpc) is 3.18. The number of nitrogens with one attached hydrogen (secondary N) is 1. The van der Waals surface area contributed by atoms with Gasteiger partial charge >= 0.3 is 6.09 Å². The van der Waals surface area contributed by atoms with Gasteiger partial charge in [0.2, 0.25) is 0 Å². The number of benzene rings is 2. The van der Waals surface area contributed by atoms with Crippen LogP contribution in [0, 0.1) is 0 Å². The Kier molecular flexibility index (Phi) is 6.31. The fourth-order valence-electron chi connectivity index (χ4n) is 4.02. The first kappa shape index (κ1) is 23.0. The van der Waals surface area contributed by atoms with Crippen molar-refractivity contribution < 1.29 is 33.8 Å². The summed E-state index contributed by atoms with van der Waals surface area (Å²) in [7, 11) is 1.41. The Morgan fingerprint density at radius 1 is 0.794 bits per heavy atom. The van der Waals surface area contributed by atoms with Crippen LogP contribution in [0.5, 0.6) is 11.5 Å². The van der Waals surface area contributed by atoms with Crippen LogP contribution in [-0.4, -0.2) is 64.8 Å². The number of amides is 5. The molecule has 5 amide bonds. The number of ether oxygens (including phenoxy) is 1. The van der Waals surface area contributed by atoms with Crippen molar-refractivity contribution in [1.29, 1.82) is 0 Å². The third-order valence-electron chi connectivity index (χ3n) is 5.82. The maximum absolute atomic E-state index is 12.8. The van der Waals surface area contributed by atoms with E-state index in [1.807, 2.05) is 0 Å². The number of hydrogen-bond donors (Lipinski definition) is 2. The average molecular weight is 465 g/mol. The third-order valence-corrected chi connectivity index (χ3v) is 5.82. The van der Waals surface area contributed by atoms with Gasteiger partial charge in [0.1, 0.15) is 11.5 Å². The summed E-state index contributed by atoms with van der Waals surface area (Å²) in [5.41, 5.74) is 1.12. The Hall–Kier alpha value is -4.21. The topological polar surface area (TPSA) is 133 Å². The molecule has 2 heterocycles. The molecule has 176 valence electrons. The molecule has 0 atom stereocenters. The number of imide groups is 2. The molecular weight excluding hydrogens is 442 g/mol. The SMILES string of the molecule is CN1C(=O)c2ccc(Oc3ccc4c(c3)C(=O)N(CCCCCCNC(=O)O)C4=O)cc2C1=O. The van der Waals surface area contributed by atoms with Gasteiger partial charge in [0, 0.05) is 20.1 Å². The molecule has 4 rings (SSSR count). The lowest BCUT2D eigenvalue weighted by atomic mass is 10.1. The smallest absolute Gasteiger partial charge is 0.404 e. The van der Waals surface area contributed by atoms with Crippen molar-refractivity contribution in [2.45, 2.75) is 25.7 Å². The Labute approximate surface area is 195 Å². The molecule has 10 heteroatoms. The lowest BCUT2D eigenvalue weighted by Crippen LogP contribution is -2.30. The molecule has 0 aromatic heterocycles. The minimum absolute atomic E-state index is 0.250. The van der Waals surface area contributed by atoms with Crippen LogP contribution in [0.1, 0.15) is 67.1 Å². The molecule has 2 aromatic rings. The lowest BCUT2D eigenvalue weighted by molar-refractivity contribution is 0.0646. The number of carbonyl (C=O) groups excluding carboxylic acids is 4. The first-order chi connectivity index (χ1) is 16.3. The van der Waals surface area contributed by atoms with Crippen LogP contribution in [0.3, 0.4) is 0 Å². The largest absolute Gasteiger partial charge is 0.465 e. The molecule has 0 bridgehead atoms. The number of nitrogens with zero attached hydrogens (tertiary/aromatic N) is 2. The van der Waals surface area contributed by atoms with Crippen LogP contribution in [-0.2, 0) is 0 Å². The van der Waals surface area contributed by atoms with Gasteiger partial charge in [0.05, 0.1) is 22.3 Å². The zero-order chi connectivity index (χ0) is 24.4. The molecule has 10 nitrogen and oxygen atoms in total. The van der Waals surface area contributed by atoms with E-state index in [1.54, 1.807) is 12.1 Å². The van der Waals surface area contributed by atoms with Crippen LogP contribution in [0.2, 0.25) is 0 Å². The predicted molar refractivity (Wildman–Crippen MR) is 119 cm³/mol. The molecular formula is C24H23N3O7. The second-order valence-electron chi connectivity index (χ2n) is 8.09. The summed E-state index contributed by atoms with van der Waals surface area (Å²) < 4.78 is 5.81. The molecule has 0 spiro atoms. The molecule has 0 unspecified atom stereocenters. The Morgan fingerprint density at radius 2 is 1.32 bits per heavy atom. The number of fused-ring (bicyclic) bond motifs is 2. The minimum atomic E-state index is -1.05. The summed E-state index contributed by atoms with van der Waals surface area (Å²) in [5.74, 6) is -0.865. The summed E-state index contributed by atoms with van der Waals surface area (Å²) in [6, 6.07) is 9.20. The maximum Gasteiger partial charge on any atom is 0.404 e. The summed E-state index contributed by atoms with van der Waals surface area (Å²) in [5, 5.41) is 10.8. The maximum atomic E-state index is 12.8. The van der Waals surface area contributed by atoms with Gasteiger partial charge in [0.15, 0.2) is 0 Å². The first-order valence-corrected chi connectivity index (χ1v) is 10.9. The highest BCUT2D eigenvalue weighted by molar-refractivity contribution is 6.22. The Bertz CT molecular complexity index is 1210. The van der Waals surface area contributed by atoms with Crippen LogP contribution in [0.25, 0.3) is 0 Å². The predicted octanol–water partition coefficient (Wildman–Crippen LogP) is 3.13. The van der Waals surface area contributed by atoms with Gasteiger partial charge in [-0.05, 0) is 49.2 Å². The molecule has 2 N–H and O–H groups in total. The molecule has 0 fully saturated rings. The molecule has 34 heavy (non-hydrogen) atoms. The van der Waals surface area contributed by atoms with Gasteiger partial charge in [0.25, 0.3) is 23.6 Å². The highest BCUT2D eigenvalue weighted by Gasteiger charge is 2.36. The fourth-order valence-corrected chi connectivity index (χ4v) is 4.02. The standard InChI is InChI=1S/C24H23N3O7/c1-26-20(28)16-8-6-14(12-18(16)21(26)29)34-15-7-9-17-19(13-15)23(31)27(22(17)30)11-5-3-2-4-10-25-24(32)33/h6-9,12-13,25H,2-5,10-11H2,1H3,(H,32,33). The highest BCUT2D eigenvalue weighted by Crippen LogP contribution is 2.32. The third kappa shape index (κ3) is 4.34. The summed E-state index contributed by atoms with van der Waals surface area (Å²) >= 11 is 0. The first-order valence-electron chi connectivity index (χ1n) is 10.9. The van der Waals surface area contributed by atoms with E-state index in [1.165, 1.54) is 36.2 Å². The molecule has 2 aliphatic heterocycles. The fraction of sp³-hybridized carbons (Fsp3) is 0.292. The number of carboxylic acid groups (broad SMARTS) is 1. The Balaban J connectivity index is 1.38. The van der Waals surface area contributed by atoms with Crippen LogP contribution < -0.4 is 10.1 Å². The van der Waals surface area contributed by atoms with Gasteiger partial charge < -0.3 is 15.2 Å². The zero-order valence-corrected chi connectivity index (χ0v) is 18.5. The molecule has 0 radical (unpaired) electrons. The van der Waals surface area contributed by atoms with E-state index in [-0.39, 0.29) is 29.5 Å². The molecule has 0 saturated carbocycles. The van der Waals surface area contributed by atoms with Gasteiger partial charge in [-0.2, -0.15) is 0 Å². The number of carbonyl (C=O) groups is 5. The number of rotatable bonds is 9. The van der Waals surface area contributed by atoms with Gasteiger partial charge in [-0.1, -0.05) is 12.8 Å². The van der Waals surface area contributed by atoms with Gasteiger partial charge in [-0.15, -0.1) is 0 Å². The normalized spacial score (nSPS) is 14.5. The van der Waals surface area contributed by atoms with E-state index in [4.69, 9.17) is 9.84 Å². The van der Waals surface area contributed by atoms with E-state index in [2.05, 4.69) is 5.32 Å². The molecule has 2 aliphatic rings. The zero-order valence-electron chi connectivity index (χ0n) is 18.5. The van der Waals surface area contributed by atoms with Crippen molar-refractivity contribution in [3.8, 4) is 11.5 Å². The Morgan fingerprint density at radius 3 is 1.97 bits per heavy atom. The second-order valence-corrected chi connectivity index (χ2v) is 8.09. The van der Waals surface area contributed by atoms with Gasteiger partial charge in [-0.25, -0.2) is 4.79 Å². The van der Waals surface area contributed by atoms with Crippen molar-refractivity contribution in [2.75, 3.05) is 20.1 Å². The van der Waals surface area contributed by atoms with E-state index >= 15 is 0 Å². The van der Waals surface area contributed by atoms with Crippen molar-refractivity contribution >= 4 is 29.7 Å². The summed E-state index contributed by atoms with van der Waals surface area (Å²) in [6.07, 6.45) is 1.80. The van der Waals surface area contributed by atoms with E-state index < -0.39 is 17.9 Å². The van der Waals surface area contributed by atoms with E-state index in [0.29, 0.717) is 42.0 Å². The highest BCUT2D eigenvalue weighted by atomic mass is 16.5. The molecule has 2 aromatic carbocycles. The van der Waals surface area contributed by atoms with E-state index in [0.717, 1.165) is 17.7 Å². The van der Waals surface area contributed by atoms with Crippen molar-refractivity contribution in [3.05, 3.63) is 58.7 Å². The second kappa shape index (κ2) is 9.34. The lowest BCUT2D eigenvalue weighted by Gasteiger charge is -2.13. The molecule has 0 saturated heterocycles. The van der Waals surface area contributed by atoms with E-state index in [9.17, 15) is 24.0 Å². The monoisotopic (exact) mass is 465 g/mol.